The summed E-state index contributed by atoms with van der Waals surface area (Å²) in [6.07, 6.45) is -1.60. The fraction of sp³-hybridized carbons (Fsp3) is 0.231. The van der Waals surface area contributed by atoms with Gasteiger partial charge in [0.2, 0.25) is 5.88 Å². The molecular formula is C13H12F3N3O. The second-order valence-electron chi connectivity index (χ2n) is 3.96. The van der Waals surface area contributed by atoms with Gasteiger partial charge in [0.15, 0.2) is 0 Å². The first-order valence-corrected chi connectivity index (χ1v) is 5.75. The molecule has 0 saturated heterocycles. The van der Waals surface area contributed by atoms with Gasteiger partial charge in [-0.05, 0) is 17.7 Å². The summed E-state index contributed by atoms with van der Waals surface area (Å²) in [6, 6.07) is 5.60. The molecule has 0 bridgehead atoms. The molecule has 0 aliphatic carbocycles. The molecule has 0 aliphatic rings. The van der Waals surface area contributed by atoms with E-state index in [-0.39, 0.29) is 12.4 Å². The van der Waals surface area contributed by atoms with Crippen LogP contribution in [0.3, 0.4) is 0 Å². The number of aromatic nitrogens is 2. The van der Waals surface area contributed by atoms with Crippen LogP contribution in [0, 0.1) is 0 Å². The van der Waals surface area contributed by atoms with Gasteiger partial charge < -0.3 is 10.1 Å². The molecule has 20 heavy (non-hydrogen) atoms. The average molecular weight is 283 g/mol. The Morgan fingerprint density at radius 3 is 2.60 bits per heavy atom. The molecule has 0 saturated carbocycles. The number of methoxy groups -OCH3 is 1. The largest absolute Gasteiger partial charge is 0.481 e. The molecule has 2 heterocycles. The molecule has 0 radical (unpaired) electrons. The van der Waals surface area contributed by atoms with Gasteiger partial charge >= 0.3 is 6.18 Å². The minimum Gasteiger partial charge on any atom is -0.481 e. The van der Waals surface area contributed by atoms with E-state index in [1.54, 1.807) is 12.1 Å². The molecule has 0 spiro atoms. The molecule has 0 amide bonds. The zero-order valence-electron chi connectivity index (χ0n) is 10.6. The van der Waals surface area contributed by atoms with Gasteiger partial charge in [0.25, 0.3) is 0 Å². The van der Waals surface area contributed by atoms with Crippen molar-refractivity contribution in [1.82, 2.24) is 9.97 Å². The number of nitrogens with one attached hydrogen (secondary N) is 1. The quantitative estimate of drug-likeness (QED) is 0.936. The molecule has 106 valence electrons. The normalized spacial score (nSPS) is 11.2. The molecule has 2 aromatic rings. The number of halogens is 3. The maximum Gasteiger partial charge on any atom is 0.419 e. The first kappa shape index (κ1) is 14.1. The van der Waals surface area contributed by atoms with Gasteiger partial charge in [0, 0.05) is 25.0 Å². The lowest BCUT2D eigenvalue weighted by molar-refractivity contribution is -0.137. The minimum absolute atomic E-state index is 0.192. The van der Waals surface area contributed by atoms with Crippen molar-refractivity contribution < 1.29 is 17.9 Å². The number of hydrogen-bond donors (Lipinski definition) is 1. The molecule has 0 aromatic carbocycles. The summed E-state index contributed by atoms with van der Waals surface area (Å²) in [5.41, 5.74) is -0.0638. The Morgan fingerprint density at radius 2 is 2.00 bits per heavy atom. The van der Waals surface area contributed by atoms with Gasteiger partial charge in [0.1, 0.15) is 5.82 Å². The van der Waals surface area contributed by atoms with Crippen LogP contribution in [0.4, 0.5) is 19.0 Å². The number of nitrogens with zero attached hydrogens (tertiary/aromatic N) is 2. The third-order valence-corrected chi connectivity index (χ3v) is 2.58. The molecule has 0 fully saturated rings. The highest BCUT2D eigenvalue weighted by Crippen LogP contribution is 2.33. The van der Waals surface area contributed by atoms with Gasteiger partial charge in [-0.15, -0.1) is 0 Å². The third-order valence-electron chi connectivity index (χ3n) is 2.58. The Kier molecular flexibility index (Phi) is 4.07. The van der Waals surface area contributed by atoms with Gasteiger partial charge in [0.05, 0.1) is 12.7 Å². The highest BCUT2D eigenvalue weighted by molar-refractivity contribution is 5.45. The third kappa shape index (κ3) is 3.37. The molecule has 1 N–H and O–H groups in total. The van der Waals surface area contributed by atoms with Crippen LogP contribution in [0.25, 0.3) is 0 Å². The van der Waals surface area contributed by atoms with Crippen LogP contribution in [-0.2, 0) is 12.7 Å². The highest BCUT2D eigenvalue weighted by Gasteiger charge is 2.33. The van der Waals surface area contributed by atoms with E-state index in [0.717, 1.165) is 11.6 Å². The number of rotatable bonds is 4. The van der Waals surface area contributed by atoms with Crippen LogP contribution in [-0.4, -0.2) is 17.1 Å². The van der Waals surface area contributed by atoms with E-state index in [1.807, 2.05) is 0 Å². The lowest BCUT2D eigenvalue weighted by atomic mass is 10.2. The first-order valence-electron chi connectivity index (χ1n) is 5.75. The summed E-state index contributed by atoms with van der Waals surface area (Å²) in [5.74, 6) is 0.249. The Morgan fingerprint density at radius 1 is 1.20 bits per heavy atom. The number of alkyl halides is 3. The summed E-state index contributed by atoms with van der Waals surface area (Å²) in [6.45, 7) is 0.192. The van der Waals surface area contributed by atoms with Crippen LogP contribution in [0.5, 0.6) is 5.88 Å². The van der Waals surface area contributed by atoms with E-state index in [0.29, 0.717) is 5.88 Å². The summed E-state index contributed by atoms with van der Waals surface area (Å²) in [4.78, 5) is 7.69. The van der Waals surface area contributed by atoms with Crippen molar-refractivity contribution in [3.8, 4) is 5.88 Å². The molecule has 7 heteroatoms. The van der Waals surface area contributed by atoms with E-state index < -0.39 is 11.7 Å². The smallest absolute Gasteiger partial charge is 0.419 e. The molecule has 2 aromatic heterocycles. The maximum atomic E-state index is 12.8. The molecule has 2 rings (SSSR count). The number of ether oxygens (including phenoxy) is 1. The molecule has 4 nitrogen and oxygen atoms in total. The van der Waals surface area contributed by atoms with E-state index in [4.69, 9.17) is 4.74 Å². The zero-order chi connectivity index (χ0) is 14.6. The SMILES string of the molecule is COc1ccc(CNc2ncccc2C(F)(F)F)cn1. The van der Waals surface area contributed by atoms with E-state index in [9.17, 15) is 13.2 Å². The van der Waals surface area contributed by atoms with Crippen molar-refractivity contribution in [2.24, 2.45) is 0 Å². The topological polar surface area (TPSA) is 47.0 Å². The van der Waals surface area contributed by atoms with Crippen molar-refractivity contribution in [3.63, 3.8) is 0 Å². The summed E-state index contributed by atoms with van der Waals surface area (Å²) in [5, 5.41) is 2.66. The maximum absolute atomic E-state index is 12.8. The van der Waals surface area contributed by atoms with Gasteiger partial charge in [-0.25, -0.2) is 9.97 Å². The summed E-state index contributed by atoms with van der Waals surface area (Å²) in [7, 11) is 1.49. The van der Waals surface area contributed by atoms with Crippen LogP contribution in [0.1, 0.15) is 11.1 Å². The molecular weight excluding hydrogens is 271 g/mol. The van der Waals surface area contributed by atoms with Gasteiger partial charge in [-0.2, -0.15) is 13.2 Å². The Balaban J connectivity index is 2.10. The fourth-order valence-electron chi connectivity index (χ4n) is 1.60. The van der Waals surface area contributed by atoms with Crippen molar-refractivity contribution in [2.45, 2.75) is 12.7 Å². The average Bonchev–Trinajstić information content (AvgIpc) is 2.45. The van der Waals surface area contributed by atoms with Crippen LogP contribution in [0.15, 0.2) is 36.7 Å². The zero-order valence-corrected chi connectivity index (χ0v) is 10.6. The van der Waals surface area contributed by atoms with Crippen LogP contribution in [0.2, 0.25) is 0 Å². The highest BCUT2D eigenvalue weighted by atomic mass is 19.4. The molecule has 0 atom stereocenters. The standard InChI is InChI=1S/C13H12F3N3O/c1-20-11-5-4-9(7-18-11)8-19-12-10(13(14,15)16)3-2-6-17-12/h2-7H,8H2,1H3,(H,17,19). The van der Waals surface area contributed by atoms with E-state index >= 15 is 0 Å². The van der Waals surface area contributed by atoms with E-state index in [1.165, 1.54) is 25.6 Å². The second-order valence-corrected chi connectivity index (χ2v) is 3.96. The number of anilines is 1. The summed E-state index contributed by atoms with van der Waals surface area (Å²) >= 11 is 0. The first-order chi connectivity index (χ1) is 9.50. The van der Waals surface area contributed by atoms with Crippen molar-refractivity contribution >= 4 is 5.82 Å². The van der Waals surface area contributed by atoms with Crippen molar-refractivity contribution in [3.05, 3.63) is 47.8 Å². The van der Waals surface area contributed by atoms with Gasteiger partial charge in [-0.3, -0.25) is 0 Å². The second kappa shape index (κ2) is 5.77. The molecule has 0 aliphatic heterocycles. The van der Waals surface area contributed by atoms with Crippen LogP contribution >= 0.6 is 0 Å². The minimum atomic E-state index is -4.44. The Bertz CT molecular complexity index is 570. The van der Waals surface area contributed by atoms with Crippen LogP contribution < -0.4 is 10.1 Å². The molecule has 0 unspecified atom stereocenters. The number of hydrogen-bond acceptors (Lipinski definition) is 4. The summed E-state index contributed by atoms with van der Waals surface area (Å²) < 4.78 is 43.2. The predicted molar refractivity (Wildman–Crippen MR) is 67.4 cm³/mol. The van der Waals surface area contributed by atoms with Gasteiger partial charge in [-0.1, -0.05) is 6.07 Å². The van der Waals surface area contributed by atoms with Crippen molar-refractivity contribution in [1.29, 1.82) is 0 Å². The monoisotopic (exact) mass is 283 g/mol. The Labute approximate surface area is 113 Å². The lowest BCUT2D eigenvalue weighted by Gasteiger charge is -2.13. The fourth-order valence-corrected chi connectivity index (χ4v) is 1.60. The van der Waals surface area contributed by atoms with E-state index in [2.05, 4.69) is 15.3 Å². The predicted octanol–water partition coefficient (Wildman–Crippen LogP) is 3.12. The number of pyridine rings is 2. The lowest BCUT2D eigenvalue weighted by Crippen LogP contribution is -2.12. The van der Waals surface area contributed by atoms with Crippen molar-refractivity contribution in [2.75, 3.05) is 12.4 Å². The Hall–Kier alpha value is -2.31.